The summed E-state index contributed by atoms with van der Waals surface area (Å²) in [6, 6.07) is 26.7. The largest absolute Gasteiger partial charge is 0.487 e. The fourth-order valence-electron chi connectivity index (χ4n) is 9.89. The second-order valence-corrected chi connectivity index (χ2v) is 18.9. The van der Waals surface area contributed by atoms with Gasteiger partial charge in [-0.1, -0.05) is 78.7 Å². The van der Waals surface area contributed by atoms with Crippen molar-refractivity contribution in [2.24, 2.45) is 22.9 Å². The fraction of sp³-hybridized carbons (Fsp3) is 0.473. The zero-order valence-electron chi connectivity index (χ0n) is 40.0. The molecule has 2 heterocycles. The van der Waals surface area contributed by atoms with Crippen LogP contribution >= 0.6 is 0 Å². The maximum absolute atomic E-state index is 14.9. The van der Waals surface area contributed by atoms with Gasteiger partial charge < -0.3 is 38.7 Å². The number of aryl methyl sites for hydroxylation is 1. The predicted molar refractivity (Wildman–Crippen MR) is 258 cm³/mol. The fourth-order valence-corrected chi connectivity index (χ4v) is 9.89. The van der Waals surface area contributed by atoms with Crippen LogP contribution in [0.15, 0.2) is 120 Å². The number of ether oxygens (including phenoxy) is 5. The smallest absolute Gasteiger partial charge is 0.410 e. The lowest BCUT2D eigenvalue weighted by molar-refractivity contribution is -0.256. The average molecular weight is 934 g/mol. The number of unbranched alkanes of at least 4 members (excludes halogenated alkanes) is 2. The summed E-state index contributed by atoms with van der Waals surface area (Å²) in [7, 11) is 0. The predicted octanol–water partition coefficient (Wildman–Crippen LogP) is 10.4. The van der Waals surface area contributed by atoms with Crippen molar-refractivity contribution in [3.05, 3.63) is 149 Å². The summed E-state index contributed by atoms with van der Waals surface area (Å²) in [5.41, 5.74) is 5.18. The Kier molecular flexibility index (Phi) is 17.5. The SMILES string of the molecule is C=CCO[C@@]12Oc3ccc(OCc4cccc(C)n4)cc3[C@H]3[C@H](CCCCO)[C@@H](CCCCO)C=C(C(=NOC(C)(C)C)C[C@@H]1N(Cc1ccc(F)cc1)C(=O)OCCOCc1ccccc1)[C@H]32. The van der Waals surface area contributed by atoms with Gasteiger partial charge in [-0.05, 0) is 124 Å². The highest BCUT2D eigenvalue weighted by molar-refractivity contribution is 6.03. The summed E-state index contributed by atoms with van der Waals surface area (Å²) in [6.45, 7) is 12.8. The summed E-state index contributed by atoms with van der Waals surface area (Å²) in [4.78, 5) is 27.5. The van der Waals surface area contributed by atoms with Crippen molar-refractivity contribution in [1.29, 1.82) is 0 Å². The van der Waals surface area contributed by atoms with Crippen molar-refractivity contribution in [3.8, 4) is 11.5 Å². The first kappa shape index (κ1) is 50.3. The number of nitrogens with zero attached hydrogens (tertiary/aromatic N) is 3. The molecule has 0 bridgehead atoms. The van der Waals surface area contributed by atoms with E-state index in [1.54, 1.807) is 23.1 Å². The van der Waals surface area contributed by atoms with Gasteiger partial charge in [-0.15, -0.1) is 6.58 Å². The van der Waals surface area contributed by atoms with E-state index in [1.165, 1.54) is 12.1 Å². The number of oxime groups is 1. The number of aliphatic hydroxyl groups excluding tert-OH is 2. The van der Waals surface area contributed by atoms with E-state index in [0.29, 0.717) is 42.2 Å². The summed E-state index contributed by atoms with van der Waals surface area (Å²) < 4.78 is 47.5. The molecule has 12 nitrogen and oxygen atoms in total. The van der Waals surface area contributed by atoms with Gasteiger partial charge in [-0.2, -0.15) is 0 Å². The van der Waals surface area contributed by atoms with Crippen LogP contribution in [0.2, 0.25) is 0 Å². The molecule has 1 saturated carbocycles. The van der Waals surface area contributed by atoms with Crippen molar-refractivity contribution in [1.82, 2.24) is 9.88 Å². The van der Waals surface area contributed by atoms with E-state index in [2.05, 4.69) is 23.7 Å². The average Bonchev–Trinajstić information content (AvgIpc) is 3.33. The Balaban J connectivity index is 1.38. The molecule has 0 saturated heterocycles. The van der Waals surface area contributed by atoms with Crippen molar-refractivity contribution >= 4 is 11.8 Å². The number of carbonyl (C=O) groups excluding carboxylic acids is 1. The van der Waals surface area contributed by atoms with Crippen molar-refractivity contribution in [2.75, 3.05) is 33.0 Å². The molecule has 0 unspecified atom stereocenters. The van der Waals surface area contributed by atoms with Crippen LogP contribution < -0.4 is 9.47 Å². The highest BCUT2D eigenvalue weighted by atomic mass is 19.1. The van der Waals surface area contributed by atoms with Gasteiger partial charge in [-0.3, -0.25) is 9.88 Å². The van der Waals surface area contributed by atoms with Gasteiger partial charge in [0.2, 0.25) is 5.79 Å². The first-order valence-electron chi connectivity index (χ1n) is 24.0. The van der Waals surface area contributed by atoms with Gasteiger partial charge in [0.25, 0.3) is 0 Å². The standard InChI is InChI=1S/C55H68FN3O9/c1-6-29-66-55-50(59(35-39-21-23-42(56)24-22-39)53(62)64-31-30-63-36-40-16-8-7-9-17-40)34-48(58-68-54(3,4)5)46-32-41(18-10-12-27-60)45(20-11-13-28-61)51(52(46)55)47-33-44(25-26-49(47)67-55)65-37-43-19-14-15-38(2)57-43/h6-9,14-17,19,21-26,32-33,41,45,50-52,60-61H,1,10-13,18,20,27-31,34-37H2,2-5H3/t41-,45+,50-,51+,52+,55+/m0/s1. The third-order valence-electron chi connectivity index (χ3n) is 12.8. The highest BCUT2D eigenvalue weighted by Gasteiger charge is 2.65. The van der Waals surface area contributed by atoms with E-state index >= 15 is 0 Å². The summed E-state index contributed by atoms with van der Waals surface area (Å²) in [6.07, 6.45) is 7.92. The summed E-state index contributed by atoms with van der Waals surface area (Å²) in [5.74, 6) is -1.52. The molecule has 1 amide bonds. The molecule has 4 aromatic rings. The van der Waals surface area contributed by atoms with Crippen LogP contribution in [0.1, 0.15) is 99.7 Å². The molecule has 0 spiro atoms. The van der Waals surface area contributed by atoms with E-state index in [1.807, 2.05) is 88.4 Å². The van der Waals surface area contributed by atoms with Crippen LogP contribution in [-0.4, -0.2) is 82.4 Å². The molecule has 3 aliphatic rings. The Hall–Kier alpha value is -5.60. The number of fused-ring (bicyclic) bond motifs is 2. The Morgan fingerprint density at radius 3 is 2.43 bits per heavy atom. The number of allylic oxidation sites excluding steroid dienone is 1. The molecule has 13 heteroatoms. The van der Waals surface area contributed by atoms with Crippen molar-refractivity contribution < 1.29 is 47.9 Å². The van der Waals surface area contributed by atoms with E-state index in [0.717, 1.165) is 53.8 Å². The molecule has 364 valence electrons. The Bertz CT molecular complexity index is 2330. The third-order valence-corrected chi connectivity index (χ3v) is 12.8. The van der Waals surface area contributed by atoms with E-state index in [4.69, 9.17) is 33.7 Å². The summed E-state index contributed by atoms with van der Waals surface area (Å²) in [5, 5.41) is 25.0. The number of hydrogen-bond acceptors (Lipinski definition) is 11. The molecular weight excluding hydrogens is 866 g/mol. The van der Waals surface area contributed by atoms with Crippen LogP contribution in [-0.2, 0) is 38.8 Å². The number of benzene rings is 3. The minimum atomic E-state index is -1.54. The maximum atomic E-state index is 14.9. The van der Waals surface area contributed by atoms with Crippen LogP contribution in [0.25, 0.3) is 0 Å². The van der Waals surface area contributed by atoms with Gasteiger partial charge in [0, 0.05) is 43.4 Å². The van der Waals surface area contributed by atoms with Crippen LogP contribution in [0.4, 0.5) is 9.18 Å². The van der Waals surface area contributed by atoms with Crippen molar-refractivity contribution in [2.45, 2.75) is 116 Å². The molecule has 1 aliphatic heterocycles. The lowest BCUT2D eigenvalue weighted by atomic mass is 9.55. The van der Waals surface area contributed by atoms with Gasteiger partial charge in [-0.25, -0.2) is 9.18 Å². The second kappa shape index (κ2) is 23.6. The maximum Gasteiger partial charge on any atom is 0.410 e. The number of pyridine rings is 1. The van der Waals surface area contributed by atoms with Crippen molar-refractivity contribution in [3.63, 3.8) is 0 Å². The molecule has 1 aromatic heterocycles. The number of rotatable bonds is 23. The molecule has 2 N–H and O–H groups in total. The lowest BCUT2D eigenvalue weighted by Crippen LogP contribution is -2.70. The van der Waals surface area contributed by atoms with Gasteiger partial charge in [0.1, 0.15) is 42.2 Å². The number of halogens is 1. The quantitative estimate of drug-likeness (QED) is 0.0419. The number of amides is 1. The molecule has 0 radical (unpaired) electrons. The normalized spacial score (nSPS) is 22.3. The highest BCUT2D eigenvalue weighted by Crippen LogP contribution is 2.62. The molecule has 7 rings (SSSR count). The second-order valence-electron chi connectivity index (χ2n) is 18.9. The Morgan fingerprint density at radius 2 is 1.71 bits per heavy atom. The Morgan fingerprint density at radius 1 is 0.941 bits per heavy atom. The zero-order chi connectivity index (χ0) is 48.1. The number of carbonyl (C=O) groups is 1. The van der Waals surface area contributed by atoms with E-state index in [9.17, 15) is 19.4 Å². The first-order chi connectivity index (χ1) is 32.9. The lowest BCUT2D eigenvalue weighted by Gasteiger charge is -2.60. The van der Waals surface area contributed by atoms with Crippen LogP contribution in [0.3, 0.4) is 0 Å². The molecule has 1 fully saturated rings. The molecule has 3 aromatic carbocycles. The monoisotopic (exact) mass is 933 g/mol. The Labute approximate surface area is 400 Å². The number of aliphatic hydroxyl groups is 2. The third kappa shape index (κ3) is 12.5. The number of aromatic nitrogens is 1. The van der Waals surface area contributed by atoms with Gasteiger partial charge >= 0.3 is 6.09 Å². The minimum Gasteiger partial charge on any atom is -0.487 e. The van der Waals surface area contributed by atoms with Crippen LogP contribution in [0.5, 0.6) is 11.5 Å². The topological polar surface area (TPSA) is 141 Å². The molecule has 2 aliphatic carbocycles. The minimum absolute atomic E-state index is 0.000151. The van der Waals surface area contributed by atoms with E-state index < -0.39 is 35.3 Å². The van der Waals surface area contributed by atoms with E-state index in [-0.39, 0.29) is 70.4 Å². The van der Waals surface area contributed by atoms with Gasteiger partial charge in [0.05, 0.1) is 37.1 Å². The van der Waals surface area contributed by atoms with Gasteiger partial charge in [0.15, 0.2) is 0 Å². The molecular formula is C55H68FN3O9. The zero-order valence-corrected chi connectivity index (χ0v) is 40.0. The summed E-state index contributed by atoms with van der Waals surface area (Å²) >= 11 is 0. The first-order valence-corrected chi connectivity index (χ1v) is 24.0. The van der Waals surface area contributed by atoms with Crippen LogP contribution in [0, 0.1) is 30.5 Å². The number of hydrogen-bond donors (Lipinski definition) is 2. The molecule has 68 heavy (non-hydrogen) atoms. The molecule has 6 atom stereocenters.